The maximum absolute atomic E-state index is 7.42. The van der Waals surface area contributed by atoms with Crippen LogP contribution in [-0.2, 0) is 29.0 Å². The number of hydrogen-bond acceptors (Lipinski definition) is 8. The van der Waals surface area contributed by atoms with E-state index in [0.717, 1.165) is 16.8 Å². The molecule has 3 aromatic rings. The molecule has 2 N–H and O–H groups in total. The largest absolute Gasteiger partial charge is 0.414 e. The summed E-state index contributed by atoms with van der Waals surface area (Å²) in [6.45, 7) is 18.7. The molecule has 2 fully saturated rings. The first-order chi connectivity index (χ1) is 19.5. The molecule has 0 saturated carbocycles. The first-order valence-corrected chi connectivity index (χ1v) is 18.9. The number of nitrogen functional groups attached to an aromatic ring is 1. The van der Waals surface area contributed by atoms with Crippen molar-refractivity contribution in [2.45, 2.75) is 109 Å². The quantitative estimate of drug-likeness (QED) is 0.302. The van der Waals surface area contributed by atoms with Crippen LogP contribution in [0.4, 0.5) is 5.82 Å². The highest BCUT2D eigenvalue weighted by molar-refractivity contribution is 6.84. The Bertz CT molecular complexity index is 1300. The van der Waals surface area contributed by atoms with E-state index in [1.54, 1.807) is 4.52 Å². The predicted octanol–water partition coefficient (Wildman–Crippen LogP) is 6.29. The molecule has 2 aromatic heterocycles. The molecule has 41 heavy (non-hydrogen) atoms. The van der Waals surface area contributed by atoms with Gasteiger partial charge in [0.25, 0.3) is 0 Å². The highest BCUT2D eigenvalue weighted by Gasteiger charge is 2.62. The average Bonchev–Trinajstić information content (AvgIpc) is 3.49. The number of anilines is 1. The first kappa shape index (κ1) is 30.3. The second-order valence-corrected chi connectivity index (χ2v) is 21.5. The Kier molecular flexibility index (Phi) is 8.78. The number of hydrogen-bond donors (Lipinski definition) is 1. The Morgan fingerprint density at radius 1 is 0.927 bits per heavy atom. The molecule has 0 unspecified atom stereocenters. The predicted molar refractivity (Wildman–Crippen MR) is 164 cm³/mol. The molecule has 0 aliphatic carbocycles. The van der Waals surface area contributed by atoms with Crippen LogP contribution in [-0.4, -0.2) is 56.6 Å². The van der Waals surface area contributed by atoms with Gasteiger partial charge in [0, 0.05) is 0 Å². The smallest absolute Gasteiger partial charge is 0.335 e. The van der Waals surface area contributed by atoms with Crippen molar-refractivity contribution in [3.05, 3.63) is 60.0 Å². The molecule has 11 heteroatoms. The standard InChI is InChI=1S/C30H46N4O5Si2/c1-19(2)40(20(3)4)36-17-26-28(38-41(39-40,21(5)6)22(7)8)29(35-16-23-12-10-9-11-13-23)27(37-26)24-14-15-25-30(31)32-18-33-34(24)25/h9-15,18-22,26-29H,16-17H2,1-8H3,(H2,31,32,33)/t26-,27+,28-,29+/m1/s1. The minimum atomic E-state index is -2.87. The minimum absolute atomic E-state index is 0.199. The fraction of sp³-hybridized carbons (Fsp3) is 0.600. The van der Waals surface area contributed by atoms with Gasteiger partial charge >= 0.3 is 17.1 Å². The topological polar surface area (TPSA) is 102 Å². The normalized spacial score (nSPS) is 26.1. The zero-order valence-corrected chi connectivity index (χ0v) is 27.6. The third-order valence-electron chi connectivity index (χ3n) is 8.73. The van der Waals surface area contributed by atoms with Gasteiger partial charge in [-0.1, -0.05) is 85.7 Å². The van der Waals surface area contributed by atoms with Crippen molar-refractivity contribution in [3.8, 4) is 0 Å². The molecule has 9 nitrogen and oxygen atoms in total. The molecule has 2 saturated heterocycles. The van der Waals surface area contributed by atoms with Gasteiger partial charge in [0.2, 0.25) is 0 Å². The molecule has 224 valence electrons. The maximum Gasteiger partial charge on any atom is 0.335 e. The zero-order valence-electron chi connectivity index (χ0n) is 25.6. The van der Waals surface area contributed by atoms with Crippen molar-refractivity contribution >= 4 is 28.5 Å². The van der Waals surface area contributed by atoms with E-state index in [1.165, 1.54) is 6.33 Å². The lowest BCUT2D eigenvalue weighted by Gasteiger charge is -2.51. The second kappa shape index (κ2) is 11.9. The molecular formula is C30H46N4O5Si2. The molecular weight excluding hydrogens is 553 g/mol. The average molecular weight is 599 g/mol. The summed E-state index contributed by atoms with van der Waals surface area (Å²) < 4.78 is 37.3. The van der Waals surface area contributed by atoms with Crippen LogP contribution in [0.15, 0.2) is 48.8 Å². The molecule has 4 atom stereocenters. The van der Waals surface area contributed by atoms with E-state index in [2.05, 4.69) is 77.6 Å². The van der Waals surface area contributed by atoms with Crippen LogP contribution in [0.25, 0.3) is 5.52 Å². The van der Waals surface area contributed by atoms with Crippen LogP contribution >= 0.6 is 0 Å². The van der Waals surface area contributed by atoms with E-state index < -0.39 is 29.3 Å². The van der Waals surface area contributed by atoms with Gasteiger partial charge in [0.05, 0.1) is 18.9 Å². The van der Waals surface area contributed by atoms with Gasteiger partial charge < -0.3 is 28.2 Å². The van der Waals surface area contributed by atoms with Gasteiger partial charge in [0.15, 0.2) is 5.82 Å². The van der Waals surface area contributed by atoms with E-state index in [4.69, 9.17) is 28.2 Å². The Morgan fingerprint density at radius 3 is 2.22 bits per heavy atom. The van der Waals surface area contributed by atoms with Gasteiger partial charge in [0.1, 0.15) is 36.3 Å². The summed E-state index contributed by atoms with van der Waals surface area (Å²) in [6, 6.07) is 14.1. The van der Waals surface area contributed by atoms with Gasteiger partial charge in [-0.15, -0.1) is 0 Å². The van der Waals surface area contributed by atoms with Crippen molar-refractivity contribution in [2.75, 3.05) is 12.3 Å². The summed E-state index contributed by atoms with van der Waals surface area (Å²) in [7, 11) is -5.57. The SMILES string of the molecule is CC(C)[Si]1(C(C)C)OC[C@H]2O[C@@H](c3ccc4c(N)ncnn34)[C@H](OCc3ccccc3)[C@@H]2O[Si](C(C)C)(C(C)C)O1. The van der Waals surface area contributed by atoms with Crippen LogP contribution in [0, 0.1) is 0 Å². The summed E-state index contributed by atoms with van der Waals surface area (Å²) in [6.07, 6.45) is -0.108. The number of ether oxygens (including phenoxy) is 2. The number of nitrogens with zero attached hydrogens (tertiary/aromatic N) is 3. The van der Waals surface area contributed by atoms with Crippen molar-refractivity contribution in [1.29, 1.82) is 0 Å². The van der Waals surface area contributed by atoms with Crippen LogP contribution in [0.5, 0.6) is 0 Å². The fourth-order valence-electron chi connectivity index (χ4n) is 6.52. The maximum atomic E-state index is 7.42. The van der Waals surface area contributed by atoms with Crippen molar-refractivity contribution in [3.63, 3.8) is 0 Å². The van der Waals surface area contributed by atoms with Gasteiger partial charge in [-0.05, 0) is 39.9 Å². The number of aromatic nitrogens is 3. The van der Waals surface area contributed by atoms with Crippen molar-refractivity contribution in [1.82, 2.24) is 14.6 Å². The lowest BCUT2D eigenvalue weighted by atomic mass is 10.1. The minimum Gasteiger partial charge on any atom is -0.414 e. The number of benzene rings is 1. The summed E-state index contributed by atoms with van der Waals surface area (Å²) in [4.78, 5) is 4.17. The summed E-state index contributed by atoms with van der Waals surface area (Å²) in [5.74, 6) is 0.417. The van der Waals surface area contributed by atoms with Crippen LogP contribution in [0.2, 0.25) is 22.2 Å². The molecule has 0 amide bonds. The van der Waals surface area contributed by atoms with Gasteiger partial charge in [-0.25, -0.2) is 9.50 Å². The molecule has 2 aliphatic rings. The zero-order chi connectivity index (χ0) is 29.5. The Labute approximate surface area is 246 Å². The molecule has 5 rings (SSSR count). The highest BCUT2D eigenvalue weighted by atomic mass is 28.5. The van der Waals surface area contributed by atoms with E-state index in [-0.39, 0.29) is 34.4 Å². The third-order valence-corrected chi connectivity index (χ3v) is 19.0. The van der Waals surface area contributed by atoms with Crippen LogP contribution in [0.1, 0.15) is 72.8 Å². The first-order valence-electron chi connectivity index (χ1n) is 14.9. The number of rotatable bonds is 8. The van der Waals surface area contributed by atoms with E-state index in [0.29, 0.717) is 19.0 Å². The van der Waals surface area contributed by atoms with Gasteiger partial charge in [-0.3, -0.25) is 0 Å². The Balaban J connectivity index is 1.60. The van der Waals surface area contributed by atoms with E-state index in [1.807, 2.05) is 30.3 Å². The van der Waals surface area contributed by atoms with Gasteiger partial charge in [-0.2, -0.15) is 5.10 Å². The third kappa shape index (κ3) is 5.42. The lowest BCUT2D eigenvalue weighted by molar-refractivity contribution is -0.0519. The molecule has 4 heterocycles. The van der Waals surface area contributed by atoms with E-state index >= 15 is 0 Å². The Hall–Kier alpha value is -2.13. The number of nitrogens with two attached hydrogens (primary N) is 1. The summed E-state index contributed by atoms with van der Waals surface area (Å²) >= 11 is 0. The monoisotopic (exact) mass is 598 g/mol. The molecule has 0 bridgehead atoms. The van der Waals surface area contributed by atoms with Crippen LogP contribution in [0.3, 0.4) is 0 Å². The van der Waals surface area contributed by atoms with Crippen molar-refractivity contribution in [2.24, 2.45) is 0 Å². The number of fused-ring (bicyclic) bond motifs is 2. The second-order valence-electron chi connectivity index (χ2n) is 12.6. The summed E-state index contributed by atoms with van der Waals surface area (Å²) in [5, 5.41) is 4.52. The molecule has 0 spiro atoms. The molecule has 2 aliphatic heterocycles. The molecule has 1 aromatic carbocycles. The fourth-order valence-corrected chi connectivity index (χ4v) is 17.7. The summed E-state index contributed by atoms with van der Waals surface area (Å²) in [5.41, 5.74) is 9.76. The highest BCUT2D eigenvalue weighted by Crippen LogP contribution is 2.49. The van der Waals surface area contributed by atoms with E-state index in [9.17, 15) is 0 Å². The van der Waals surface area contributed by atoms with Crippen LogP contribution < -0.4 is 5.73 Å². The van der Waals surface area contributed by atoms with Crippen molar-refractivity contribution < 1.29 is 22.4 Å². The Morgan fingerprint density at radius 2 is 1.59 bits per heavy atom. The lowest BCUT2D eigenvalue weighted by Crippen LogP contribution is -2.65. The molecule has 0 radical (unpaired) electrons.